The largest absolute Gasteiger partial charge is 0.493 e. The van der Waals surface area contributed by atoms with Crippen LogP contribution in [0.25, 0.3) is 0 Å². The third kappa shape index (κ3) is 1.55. The van der Waals surface area contributed by atoms with Gasteiger partial charge in [0.05, 0.1) is 7.11 Å². The zero-order valence-electron chi connectivity index (χ0n) is 8.32. The van der Waals surface area contributed by atoms with Crippen LogP contribution in [0.5, 0.6) is 11.5 Å². The van der Waals surface area contributed by atoms with Crippen molar-refractivity contribution < 1.29 is 9.47 Å². The standard InChI is InChI=1S/C11H15NO2/c1-13-10-4-2-3-8-5-6-9(7-12)14-11(8)10/h2-4,9H,5-7,12H2,1H3. The van der Waals surface area contributed by atoms with Gasteiger partial charge in [0.25, 0.3) is 0 Å². The maximum Gasteiger partial charge on any atom is 0.164 e. The van der Waals surface area contributed by atoms with Crippen LogP contribution in [0, 0.1) is 0 Å². The predicted molar refractivity (Wildman–Crippen MR) is 54.8 cm³/mol. The van der Waals surface area contributed by atoms with E-state index in [1.807, 2.05) is 12.1 Å². The maximum absolute atomic E-state index is 5.75. The number of fused-ring (bicyclic) bond motifs is 1. The Kier molecular flexibility index (Phi) is 2.59. The number of rotatable bonds is 2. The third-order valence-corrected chi connectivity index (χ3v) is 2.56. The first-order valence-corrected chi connectivity index (χ1v) is 4.87. The van der Waals surface area contributed by atoms with Crippen molar-refractivity contribution in [3.8, 4) is 11.5 Å². The van der Waals surface area contributed by atoms with Gasteiger partial charge in [-0.1, -0.05) is 12.1 Å². The molecule has 1 aliphatic rings. The summed E-state index contributed by atoms with van der Waals surface area (Å²) in [6.45, 7) is 0.567. The Labute approximate surface area is 83.8 Å². The molecule has 2 N–H and O–H groups in total. The SMILES string of the molecule is COc1cccc2c1OC(CN)CC2. The molecule has 0 saturated carbocycles. The van der Waals surface area contributed by atoms with E-state index in [9.17, 15) is 0 Å². The molecule has 1 aromatic carbocycles. The summed E-state index contributed by atoms with van der Waals surface area (Å²) in [4.78, 5) is 0. The Morgan fingerprint density at radius 1 is 1.57 bits per heavy atom. The monoisotopic (exact) mass is 193 g/mol. The second-order valence-electron chi connectivity index (χ2n) is 3.46. The van der Waals surface area contributed by atoms with Crippen molar-refractivity contribution in [2.75, 3.05) is 13.7 Å². The van der Waals surface area contributed by atoms with Gasteiger partial charge >= 0.3 is 0 Å². The molecule has 1 heterocycles. The highest BCUT2D eigenvalue weighted by Crippen LogP contribution is 2.36. The normalized spacial score (nSPS) is 19.7. The summed E-state index contributed by atoms with van der Waals surface area (Å²) in [6, 6.07) is 5.98. The van der Waals surface area contributed by atoms with E-state index in [4.69, 9.17) is 15.2 Å². The van der Waals surface area contributed by atoms with E-state index >= 15 is 0 Å². The Bertz CT molecular complexity index is 311. The van der Waals surface area contributed by atoms with Crippen molar-refractivity contribution >= 4 is 0 Å². The molecular weight excluding hydrogens is 178 g/mol. The molecule has 3 heteroatoms. The van der Waals surface area contributed by atoms with Gasteiger partial charge in [-0.3, -0.25) is 0 Å². The Morgan fingerprint density at radius 2 is 2.43 bits per heavy atom. The third-order valence-electron chi connectivity index (χ3n) is 2.56. The number of aryl methyl sites for hydroxylation is 1. The minimum atomic E-state index is 0.138. The summed E-state index contributed by atoms with van der Waals surface area (Å²) in [7, 11) is 1.66. The lowest BCUT2D eigenvalue weighted by atomic mass is 10.0. The molecule has 14 heavy (non-hydrogen) atoms. The lowest BCUT2D eigenvalue weighted by Crippen LogP contribution is -2.30. The first kappa shape index (κ1) is 9.34. The van der Waals surface area contributed by atoms with Crippen molar-refractivity contribution in [3.63, 3.8) is 0 Å². The summed E-state index contributed by atoms with van der Waals surface area (Å²) < 4.78 is 11.0. The van der Waals surface area contributed by atoms with E-state index in [1.54, 1.807) is 7.11 Å². The van der Waals surface area contributed by atoms with Crippen LogP contribution < -0.4 is 15.2 Å². The van der Waals surface area contributed by atoms with Gasteiger partial charge in [-0.25, -0.2) is 0 Å². The van der Waals surface area contributed by atoms with Crippen molar-refractivity contribution in [1.29, 1.82) is 0 Å². The van der Waals surface area contributed by atoms with Crippen molar-refractivity contribution in [2.45, 2.75) is 18.9 Å². The molecular formula is C11H15NO2. The zero-order valence-corrected chi connectivity index (χ0v) is 8.32. The van der Waals surface area contributed by atoms with E-state index in [0.717, 1.165) is 24.3 Å². The average Bonchev–Trinajstić information content (AvgIpc) is 2.27. The van der Waals surface area contributed by atoms with E-state index in [0.29, 0.717) is 6.54 Å². The quantitative estimate of drug-likeness (QED) is 0.771. The number of ether oxygens (including phenoxy) is 2. The van der Waals surface area contributed by atoms with E-state index in [1.165, 1.54) is 5.56 Å². The molecule has 76 valence electrons. The number of methoxy groups -OCH3 is 1. The van der Waals surface area contributed by atoms with Crippen molar-refractivity contribution in [2.24, 2.45) is 5.73 Å². The molecule has 0 fully saturated rings. The van der Waals surface area contributed by atoms with Gasteiger partial charge < -0.3 is 15.2 Å². The van der Waals surface area contributed by atoms with Gasteiger partial charge in [-0.15, -0.1) is 0 Å². The summed E-state index contributed by atoms with van der Waals surface area (Å²) in [6.07, 6.45) is 2.16. The highest BCUT2D eigenvalue weighted by molar-refractivity contribution is 5.47. The van der Waals surface area contributed by atoms with E-state index in [2.05, 4.69) is 6.07 Å². The fraction of sp³-hybridized carbons (Fsp3) is 0.455. The predicted octanol–water partition coefficient (Wildman–Crippen LogP) is 1.35. The van der Waals surface area contributed by atoms with Crippen LogP contribution in [0.3, 0.4) is 0 Å². The average molecular weight is 193 g/mol. The smallest absolute Gasteiger partial charge is 0.164 e. The van der Waals surface area contributed by atoms with Gasteiger partial charge in [0.1, 0.15) is 6.10 Å². The molecule has 0 saturated heterocycles. The van der Waals surface area contributed by atoms with Crippen LogP contribution in [-0.2, 0) is 6.42 Å². The van der Waals surface area contributed by atoms with Crippen molar-refractivity contribution in [3.05, 3.63) is 23.8 Å². The lowest BCUT2D eigenvalue weighted by Gasteiger charge is -2.26. The number of para-hydroxylation sites is 1. The van der Waals surface area contributed by atoms with Gasteiger partial charge in [-0.2, -0.15) is 0 Å². The highest BCUT2D eigenvalue weighted by Gasteiger charge is 2.21. The molecule has 1 aliphatic heterocycles. The Hall–Kier alpha value is -1.22. The van der Waals surface area contributed by atoms with E-state index in [-0.39, 0.29) is 6.10 Å². The van der Waals surface area contributed by atoms with Crippen LogP contribution in [0.2, 0.25) is 0 Å². The summed E-state index contributed by atoms with van der Waals surface area (Å²) >= 11 is 0. The maximum atomic E-state index is 5.75. The zero-order chi connectivity index (χ0) is 9.97. The van der Waals surface area contributed by atoms with Crippen molar-refractivity contribution in [1.82, 2.24) is 0 Å². The van der Waals surface area contributed by atoms with Crippen LogP contribution in [0.4, 0.5) is 0 Å². The topological polar surface area (TPSA) is 44.5 Å². The molecule has 0 spiro atoms. The van der Waals surface area contributed by atoms with Crippen LogP contribution in [0.15, 0.2) is 18.2 Å². The number of benzene rings is 1. The first-order chi connectivity index (χ1) is 6.85. The summed E-state index contributed by atoms with van der Waals surface area (Å²) in [5, 5.41) is 0. The molecule has 0 amide bonds. The number of nitrogens with two attached hydrogens (primary N) is 1. The molecule has 1 aromatic rings. The molecule has 3 nitrogen and oxygen atoms in total. The molecule has 0 bridgehead atoms. The molecule has 0 aromatic heterocycles. The Balaban J connectivity index is 2.33. The van der Waals surface area contributed by atoms with E-state index < -0.39 is 0 Å². The van der Waals surface area contributed by atoms with Crippen LogP contribution >= 0.6 is 0 Å². The first-order valence-electron chi connectivity index (χ1n) is 4.87. The summed E-state index contributed by atoms with van der Waals surface area (Å²) in [5.41, 5.74) is 6.80. The minimum Gasteiger partial charge on any atom is -0.493 e. The summed E-state index contributed by atoms with van der Waals surface area (Å²) in [5.74, 6) is 1.68. The number of hydrogen-bond acceptors (Lipinski definition) is 3. The number of hydrogen-bond donors (Lipinski definition) is 1. The van der Waals surface area contributed by atoms with Gasteiger partial charge in [0.15, 0.2) is 11.5 Å². The molecule has 1 unspecified atom stereocenters. The molecule has 0 radical (unpaired) electrons. The fourth-order valence-corrected chi connectivity index (χ4v) is 1.76. The second kappa shape index (κ2) is 3.88. The minimum absolute atomic E-state index is 0.138. The Morgan fingerprint density at radius 3 is 3.14 bits per heavy atom. The highest BCUT2D eigenvalue weighted by atomic mass is 16.5. The van der Waals surface area contributed by atoms with Gasteiger partial charge in [-0.05, 0) is 24.5 Å². The molecule has 1 atom stereocenters. The molecule has 2 rings (SSSR count). The molecule has 0 aliphatic carbocycles. The van der Waals surface area contributed by atoms with Gasteiger partial charge in [0, 0.05) is 6.54 Å². The van der Waals surface area contributed by atoms with Crippen LogP contribution in [0.1, 0.15) is 12.0 Å². The van der Waals surface area contributed by atoms with Crippen LogP contribution in [-0.4, -0.2) is 19.8 Å². The fourth-order valence-electron chi connectivity index (χ4n) is 1.76. The second-order valence-corrected chi connectivity index (χ2v) is 3.46. The van der Waals surface area contributed by atoms with Gasteiger partial charge in [0.2, 0.25) is 0 Å². The lowest BCUT2D eigenvalue weighted by molar-refractivity contribution is 0.173.